The zero-order valence-corrected chi connectivity index (χ0v) is 12.9. The molecule has 1 atom stereocenters. The lowest BCUT2D eigenvalue weighted by atomic mass is 10.1. The minimum Gasteiger partial charge on any atom is -0.480 e. The number of amides is 2. The fourth-order valence-corrected chi connectivity index (χ4v) is 3.45. The standard InChI is InChI=1S/C15H27N3O3/c1-2-17-9-5-6-12(10-17)16-15(21)18(11-14(19)20)13-7-3-4-8-13/h12-13H,2-11H2,1H3,(H,16,21)(H,19,20). The van der Waals surface area contributed by atoms with Crippen molar-refractivity contribution in [3.05, 3.63) is 0 Å². The second-order valence-corrected chi connectivity index (χ2v) is 6.14. The molecule has 21 heavy (non-hydrogen) atoms. The summed E-state index contributed by atoms with van der Waals surface area (Å²) >= 11 is 0. The summed E-state index contributed by atoms with van der Waals surface area (Å²) in [5.74, 6) is -0.934. The second kappa shape index (κ2) is 7.64. The summed E-state index contributed by atoms with van der Waals surface area (Å²) in [6.07, 6.45) is 6.08. The third-order valence-corrected chi connectivity index (χ3v) is 4.61. The van der Waals surface area contributed by atoms with E-state index in [0.29, 0.717) is 0 Å². The molecular formula is C15H27N3O3. The summed E-state index contributed by atoms with van der Waals surface area (Å²) in [7, 11) is 0. The van der Waals surface area contributed by atoms with Gasteiger partial charge in [-0.15, -0.1) is 0 Å². The molecule has 0 aromatic rings. The van der Waals surface area contributed by atoms with Crippen molar-refractivity contribution in [2.75, 3.05) is 26.2 Å². The third-order valence-electron chi connectivity index (χ3n) is 4.61. The number of piperidine rings is 1. The first-order valence-corrected chi connectivity index (χ1v) is 8.11. The molecule has 6 heteroatoms. The van der Waals surface area contributed by atoms with Gasteiger partial charge >= 0.3 is 12.0 Å². The van der Waals surface area contributed by atoms with Crippen LogP contribution in [0.3, 0.4) is 0 Å². The van der Waals surface area contributed by atoms with Crippen molar-refractivity contribution in [2.45, 2.75) is 57.5 Å². The molecule has 1 saturated carbocycles. The average molecular weight is 297 g/mol. The molecule has 120 valence electrons. The Morgan fingerprint density at radius 3 is 2.57 bits per heavy atom. The summed E-state index contributed by atoms with van der Waals surface area (Å²) in [5, 5.41) is 12.1. The highest BCUT2D eigenvalue weighted by molar-refractivity contribution is 5.80. The molecule has 1 unspecified atom stereocenters. The Hall–Kier alpha value is -1.30. The van der Waals surface area contributed by atoms with Gasteiger partial charge in [-0.3, -0.25) is 4.79 Å². The monoisotopic (exact) mass is 297 g/mol. The van der Waals surface area contributed by atoms with Crippen LogP contribution in [0.2, 0.25) is 0 Å². The number of rotatable bonds is 5. The molecule has 6 nitrogen and oxygen atoms in total. The molecule has 1 heterocycles. The van der Waals surface area contributed by atoms with Crippen LogP contribution in [0.4, 0.5) is 4.79 Å². The largest absolute Gasteiger partial charge is 0.480 e. The van der Waals surface area contributed by atoms with Gasteiger partial charge in [0.25, 0.3) is 0 Å². The molecule has 1 aliphatic carbocycles. The van der Waals surface area contributed by atoms with Crippen LogP contribution < -0.4 is 5.32 Å². The minimum atomic E-state index is -0.934. The normalized spacial score (nSPS) is 24.0. The Kier molecular flexibility index (Phi) is 5.85. The first kappa shape index (κ1) is 16.1. The van der Waals surface area contributed by atoms with Crippen molar-refractivity contribution in [3.8, 4) is 0 Å². The van der Waals surface area contributed by atoms with E-state index in [9.17, 15) is 9.59 Å². The number of carbonyl (C=O) groups is 2. The number of carboxylic acids is 1. The quantitative estimate of drug-likeness (QED) is 0.807. The number of hydrogen-bond acceptors (Lipinski definition) is 3. The van der Waals surface area contributed by atoms with Gasteiger partial charge in [0.15, 0.2) is 0 Å². The zero-order valence-electron chi connectivity index (χ0n) is 12.9. The number of carboxylic acid groups (broad SMARTS) is 1. The van der Waals surface area contributed by atoms with E-state index in [-0.39, 0.29) is 24.7 Å². The first-order chi connectivity index (χ1) is 10.1. The highest BCUT2D eigenvalue weighted by Crippen LogP contribution is 2.23. The molecular weight excluding hydrogens is 270 g/mol. The van der Waals surface area contributed by atoms with Crippen LogP contribution in [0.25, 0.3) is 0 Å². The summed E-state index contributed by atoms with van der Waals surface area (Å²) in [5.41, 5.74) is 0. The average Bonchev–Trinajstić information content (AvgIpc) is 2.98. The van der Waals surface area contributed by atoms with Gasteiger partial charge in [-0.25, -0.2) is 4.79 Å². The molecule has 2 N–H and O–H groups in total. The van der Waals surface area contributed by atoms with Crippen molar-refractivity contribution >= 4 is 12.0 Å². The number of likely N-dealkylation sites (tertiary alicyclic amines) is 1. The lowest BCUT2D eigenvalue weighted by Gasteiger charge is -2.35. The number of likely N-dealkylation sites (N-methyl/N-ethyl adjacent to an activating group) is 1. The summed E-state index contributed by atoms with van der Waals surface area (Å²) in [6.45, 7) is 4.88. The molecule has 0 aromatic carbocycles. The smallest absolute Gasteiger partial charge is 0.323 e. The van der Waals surface area contributed by atoms with E-state index >= 15 is 0 Å². The number of urea groups is 1. The highest BCUT2D eigenvalue weighted by Gasteiger charge is 2.30. The van der Waals surface area contributed by atoms with E-state index < -0.39 is 5.97 Å². The van der Waals surface area contributed by atoms with Crippen LogP contribution in [0.15, 0.2) is 0 Å². The van der Waals surface area contributed by atoms with Crippen molar-refractivity contribution in [3.63, 3.8) is 0 Å². The van der Waals surface area contributed by atoms with E-state index in [1.54, 1.807) is 0 Å². The Balaban J connectivity index is 1.92. The molecule has 2 fully saturated rings. The Morgan fingerprint density at radius 2 is 1.95 bits per heavy atom. The van der Waals surface area contributed by atoms with Crippen molar-refractivity contribution in [1.29, 1.82) is 0 Å². The van der Waals surface area contributed by atoms with E-state index in [1.807, 2.05) is 0 Å². The zero-order chi connectivity index (χ0) is 15.2. The fraction of sp³-hybridized carbons (Fsp3) is 0.867. The molecule has 0 radical (unpaired) electrons. The summed E-state index contributed by atoms with van der Waals surface area (Å²) < 4.78 is 0. The molecule has 1 aliphatic heterocycles. The van der Waals surface area contributed by atoms with Gasteiger partial charge in [-0.1, -0.05) is 19.8 Å². The topological polar surface area (TPSA) is 72.9 Å². The third kappa shape index (κ3) is 4.59. The SMILES string of the molecule is CCN1CCCC(NC(=O)N(CC(=O)O)C2CCCC2)C1. The predicted molar refractivity (Wildman–Crippen MR) is 80.3 cm³/mol. The summed E-state index contributed by atoms with van der Waals surface area (Å²) in [6, 6.07) is 0.0307. The predicted octanol–water partition coefficient (Wildman–Crippen LogP) is 1.51. The Labute approximate surface area is 126 Å². The van der Waals surface area contributed by atoms with Crippen LogP contribution in [0.1, 0.15) is 45.4 Å². The van der Waals surface area contributed by atoms with E-state index in [2.05, 4.69) is 17.1 Å². The van der Waals surface area contributed by atoms with Gasteiger partial charge in [-0.2, -0.15) is 0 Å². The van der Waals surface area contributed by atoms with Crippen molar-refractivity contribution < 1.29 is 14.7 Å². The van der Waals surface area contributed by atoms with Crippen LogP contribution >= 0.6 is 0 Å². The molecule has 0 aromatic heterocycles. The maximum absolute atomic E-state index is 12.5. The number of nitrogens with one attached hydrogen (secondary N) is 1. The van der Waals surface area contributed by atoms with E-state index in [1.165, 1.54) is 4.90 Å². The second-order valence-electron chi connectivity index (χ2n) is 6.14. The first-order valence-electron chi connectivity index (χ1n) is 8.11. The van der Waals surface area contributed by atoms with Gasteiger partial charge in [0.05, 0.1) is 0 Å². The van der Waals surface area contributed by atoms with Gasteiger partial charge in [-0.05, 0) is 38.8 Å². The Bertz CT molecular complexity index is 369. The van der Waals surface area contributed by atoms with Crippen molar-refractivity contribution in [1.82, 2.24) is 15.1 Å². The van der Waals surface area contributed by atoms with Crippen LogP contribution in [0, 0.1) is 0 Å². The van der Waals surface area contributed by atoms with Gasteiger partial charge in [0, 0.05) is 18.6 Å². The highest BCUT2D eigenvalue weighted by atomic mass is 16.4. The molecule has 0 spiro atoms. The molecule has 0 bridgehead atoms. The number of hydrogen-bond donors (Lipinski definition) is 2. The van der Waals surface area contributed by atoms with Crippen molar-refractivity contribution in [2.24, 2.45) is 0 Å². The maximum atomic E-state index is 12.5. The number of aliphatic carboxylic acids is 1. The lowest BCUT2D eigenvalue weighted by Crippen LogP contribution is -2.54. The van der Waals surface area contributed by atoms with E-state index in [0.717, 1.165) is 58.2 Å². The molecule has 2 rings (SSSR count). The fourth-order valence-electron chi connectivity index (χ4n) is 3.45. The van der Waals surface area contributed by atoms with Crippen LogP contribution in [-0.4, -0.2) is 65.2 Å². The number of carbonyl (C=O) groups excluding carboxylic acids is 1. The summed E-state index contributed by atoms with van der Waals surface area (Å²) in [4.78, 5) is 27.3. The van der Waals surface area contributed by atoms with E-state index in [4.69, 9.17) is 5.11 Å². The van der Waals surface area contributed by atoms with Gasteiger partial charge in [0.2, 0.25) is 0 Å². The van der Waals surface area contributed by atoms with Crippen LogP contribution in [0.5, 0.6) is 0 Å². The molecule has 1 saturated heterocycles. The molecule has 2 aliphatic rings. The number of nitrogens with zero attached hydrogens (tertiary/aromatic N) is 2. The van der Waals surface area contributed by atoms with Gasteiger partial charge < -0.3 is 20.2 Å². The Morgan fingerprint density at radius 1 is 1.24 bits per heavy atom. The van der Waals surface area contributed by atoms with Gasteiger partial charge in [0.1, 0.15) is 6.54 Å². The molecule has 2 amide bonds. The minimum absolute atomic E-state index is 0.0898. The van der Waals surface area contributed by atoms with Crippen LogP contribution in [-0.2, 0) is 4.79 Å². The maximum Gasteiger partial charge on any atom is 0.323 e. The lowest BCUT2D eigenvalue weighted by molar-refractivity contribution is -0.138.